The van der Waals surface area contributed by atoms with E-state index in [0.717, 1.165) is 17.8 Å². The Kier molecular flexibility index (Phi) is 6.14. The van der Waals surface area contributed by atoms with Gasteiger partial charge in [-0.1, -0.05) is 46.8 Å². The average Bonchev–Trinajstić information content (AvgIpc) is 2.39. The van der Waals surface area contributed by atoms with Crippen LogP contribution >= 0.6 is 0 Å². The fourth-order valence-corrected chi connectivity index (χ4v) is 1.76. The van der Waals surface area contributed by atoms with Gasteiger partial charge in [-0.2, -0.15) is 0 Å². The Labute approximate surface area is 78.1 Å². The van der Waals surface area contributed by atoms with E-state index < -0.39 is 0 Å². The summed E-state index contributed by atoms with van der Waals surface area (Å²) in [5.41, 5.74) is 0. The Morgan fingerprint density at radius 1 is 1.25 bits per heavy atom. The van der Waals surface area contributed by atoms with Gasteiger partial charge in [0.2, 0.25) is 0 Å². The van der Waals surface area contributed by atoms with Crippen molar-refractivity contribution < 1.29 is 0 Å². The maximum absolute atomic E-state index is 2.39. The minimum atomic E-state index is 0.837. The quantitative estimate of drug-likeness (QED) is 0.540. The van der Waals surface area contributed by atoms with Crippen LogP contribution in [0.25, 0.3) is 0 Å². The average molecular weight is 168 g/mol. The van der Waals surface area contributed by atoms with E-state index in [9.17, 15) is 0 Å². The van der Waals surface area contributed by atoms with Crippen molar-refractivity contribution in [3.05, 3.63) is 12.2 Å². The molecule has 0 aromatic heterocycles. The second kappa shape index (κ2) is 6.28. The van der Waals surface area contributed by atoms with Gasteiger partial charge in [0.15, 0.2) is 0 Å². The first-order valence-electron chi connectivity index (χ1n) is 5.37. The summed E-state index contributed by atoms with van der Waals surface area (Å²) in [6.07, 6.45) is 7.51. The Morgan fingerprint density at radius 3 is 2.17 bits per heavy atom. The molecule has 0 spiro atoms. The number of hydrogen-bond acceptors (Lipinski definition) is 0. The predicted molar refractivity (Wildman–Crippen MR) is 57.2 cm³/mol. The molecule has 2 atom stereocenters. The highest BCUT2D eigenvalue weighted by atomic mass is 14.2. The van der Waals surface area contributed by atoms with E-state index in [2.05, 4.69) is 32.9 Å². The highest BCUT2D eigenvalue weighted by Crippen LogP contribution is 2.27. The molecule has 0 amide bonds. The van der Waals surface area contributed by atoms with Crippen LogP contribution in [0.5, 0.6) is 0 Å². The molecule has 0 heteroatoms. The summed E-state index contributed by atoms with van der Waals surface area (Å²) in [5, 5.41) is 0. The van der Waals surface area contributed by atoms with E-state index >= 15 is 0 Å². The molecule has 0 nitrogen and oxygen atoms in total. The van der Waals surface area contributed by atoms with Crippen LogP contribution in [-0.4, -0.2) is 0 Å². The molecule has 72 valence electrons. The van der Waals surface area contributed by atoms with Crippen LogP contribution in [0.1, 0.15) is 47.5 Å². The van der Waals surface area contributed by atoms with Crippen molar-refractivity contribution in [3.8, 4) is 0 Å². The first kappa shape index (κ1) is 11.7. The minimum Gasteiger partial charge on any atom is -0.0854 e. The normalized spacial score (nSPS) is 27.2. The van der Waals surface area contributed by atoms with E-state index in [-0.39, 0.29) is 0 Å². The summed E-state index contributed by atoms with van der Waals surface area (Å²) in [4.78, 5) is 0. The van der Waals surface area contributed by atoms with Gasteiger partial charge >= 0.3 is 0 Å². The second-order valence-electron chi connectivity index (χ2n) is 3.99. The van der Waals surface area contributed by atoms with Crippen molar-refractivity contribution in [2.75, 3.05) is 0 Å². The number of allylic oxidation sites excluding steroid dienone is 2. The summed E-state index contributed by atoms with van der Waals surface area (Å²) < 4.78 is 0. The van der Waals surface area contributed by atoms with Gasteiger partial charge in [-0.15, -0.1) is 0 Å². The Bertz CT molecular complexity index is 122. The molecule has 0 fully saturated rings. The van der Waals surface area contributed by atoms with E-state index in [0.29, 0.717) is 0 Å². The first-order valence-corrected chi connectivity index (χ1v) is 5.37. The van der Waals surface area contributed by atoms with E-state index in [1.165, 1.54) is 12.8 Å². The molecule has 1 aliphatic rings. The molecule has 0 heterocycles. The molecule has 0 N–H and O–H groups in total. The van der Waals surface area contributed by atoms with Gasteiger partial charge in [0, 0.05) is 0 Å². The zero-order chi connectivity index (χ0) is 9.56. The lowest BCUT2D eigenvalue weighted by Crippen LogP contribution is -1.99. The van der Waals surface area contributed by atoms with Gasteiger partial charge in [0.1, 0.15) is 0 Å². The summed E-state index contributed by atoms with van der Waals surface area (Å²) >= 11 is 0. The molecule has 2 unspecified atom stereocenters. The highest BCUT2D eigenvalue weighted by molar-refractivity contribution is 5.00. The molecule has 0 saturated carbocycles. The van der Waals surface area contributed by atoms with Crippen LogP contribution < -0.4 is 0 Å². The summed E-state index contributed by atoms with van der Waals surface area (Å²) in [7, 11) is 0. The molecule has 1 rings (SSSR count). The minimum absolute atomic E-state index is 0.837. The molecule has 0 aromatic carbocycles. The van der Waals surface area contributed by atoms with Gasteiger partial charge in [-0.3, -0.25) is 0 Å². The highest BCUT2D eigenvalue weighted by Gasteiger charge is 2.15. The smallest absolute Gasteiger partial charge is 0.0225 e. The molecule has 1 aliphatic carbocycles. The SMILES string of the molecule is CC.CC(C)CC1C=CC(C)C1. The fourth-order valence-electron chi connectivity index (χ4n) is 1.76. The molecule has 0 bridgehead atoms. The van der Waals surface area contributed by atoms with Crippen LogP contribution in [0.15, 0.2) is 12.2 Å². The van der Waals surface area contributed by atoms with Crippen molar-refractivity contribution in [1.82, 2.24) is 0 Å². The zero-order valence-corrected chi connectivity index (χ0v) is 9.30. The topological polar surface area (TPSA) is 0 Å². The first-order chi connectivity index (χ1) is 5.68. The predicted octanol–water partition coefficient (Wildman–Crippen LogP) is 4.27. The summed E-state index contributed by atoms with van der Waals surface area (Å²) in [5.74, 6) is 2.58. The lowest BCUT2D eigenvalue weighted by atomic mass is 9.95. The molecule has 0 saturated heterocycles. The van der Waals surface area contributed by atoms with Crippen molar-refractivity contribution in [3.63, 3.8) is 0 Å². The largest absolute Gasteiger partial charge is 0.0854 e. The van der Waals surface area contributed by atoms with E-state index in [4.69, 9.17) is 0 Å². The van der Waals surface area contributed by atoms with Crippen molar-refractivity contribution in [2.24, 2.45) is 17.8 Å². The van der Waals surface area contributed by atoms with E-state index in [1.54, 1.807) is 0 Å². The molecular formula is C12H24. The monoisotopic (exact) mass is 168 g/mol. The van der Waals surface area contributed by atoms with Crippen molar-refractivity contribution in [2.45, 2.75) is 47.5 Å². The van der Waals surface area contributed by atoms with E-state index in [1.807, 2.05) is 13.8 Å². The number of hydrogen-bond donors (Lipinski definition) is 0. The standard InChI is InChI=1S/C10H18.C2H6/c1-8(2)6-10-5-4-9(3)7-10;1-2/h4-5,8-10H,6-7H2,1-3H3;1-2H3. The van der Waals surface area contributed by atoms with Gasteiger partial charge in [0.05, 0.1) is 0 Å². The maximum Gasteiger partial charge on any atom is -0.0225 e. The molecule has 0 aromatic rings. The Hall–Kier alpha value is -0.260. The van der Waals surface area contributed by atoms with Crippen LogP contribution in [0.4, 0.5) is 0 Å². The molecule has 0 radical (unpaired) electrons. The molecule has 12 heavy (non-hydrogen) atoms. The van der Waals surface area contributed by atoms with Crippen molar-refractivity contribution in [1.29, 1.82) is 0 Å². The summed E-state index contributed by atoms with van der Waals surface area (Å²) in [6.45, 7) is 10.9. The third kappa shape index (κ3) is 4.58. The second-order valence-corrected chi connectivity index (χ2v) is 3.99. The van der Waals surface area contributed by atoms with Gasteiger partial charge in [0.25, 0.3) is 0 Å². The van der Waals surface area contributed by atoms with Crippen molar-refractivity contribution >= 4 is 0 Å². The van der Waals surface area contributed by atoms with Crippen LogP contribution in [0, 0.1) is 17.8 Å². The maximum atomic E-state index is 2.39. The Morgan fingerprint density at radius 2 is 1.83 bits per heavy atom. The van der Waals surface area contributed by atoms with Gasteiger partial charge in [-0.25, -0.2) is 0 Å². The summed E-state index contributed by atoms with van der Waals surface area (Å²) in [6, 6.07) is 0. The van der Waals surface area contributed by atoms with Crippen LogP contribution in [-0.2, 0) is 0 Å². The van der Waals surface area contributed by atoms with Crippen LogP contribution in [0.3, 0.4) is 0 Å². The number of rotatable bonds is 2. The lowest BCUT2D eigenvalue weighted by molar-refractivity contribution is 0.442. The van der Waals surface area contributed by atoms with Gasteiger partial charge < -0.3 is 0 Å². The fraction of sp³-hybridized carbons (Fsp3) is 0.833. The van der Waals surface area contributed by atoms with Crippen LogP contribution in [0.2, 0.25) is 0 Å². The Balaban J connectivity index is 0.000000561. The molecule has 0 aliphatic heterocycles. The third-order valence-corrected chi connectivity index (χ3v) is 2.16. The zero-order valence-electron chi connectivity index (χ0n) is 9.30. The molecular weight excluding hydrogens is 144 g/mol. The lowest BCUT2D eigenvalue weighted by Gasteiger charge is -2.10. The van der Waals surface area contributed by atoms with Gasteiger partial charge in [-0.05, 0) is 30.6 Å². The third-order valence-electron chi connectivity index (χ3n) is 2.16.